The third-order valence-electron chi connectivity index (χ3n) is 5.93. The van der Waals surface area contributed by atoms with E-state index in [-0.39, 0.29) is 5.91 Å². The second kappa shape index (κ2) is 6.50. The SMILES string of the molecule is O=C(c1cccnc1N1CCCC1)N1CCCC2CCCCC21. The number of carbonyl (C=O) groups is 1. The molecule has 2 unspecified atom stereocenters. The number of hydrogen-bond donors (Lipinski definition) is 0. The molecule has 124 valence electrons. The molecule has 3 aliphatic rings. The summed E-state index contributed by atoms with van der Waals surface area (Å²) in [6.07, 6.45) is 11.8. The molecular formula is C19H27N3O. The first-order valence-corrected chi connectivity index (χ1v) is 9.35. The van der Waals surface area contributed by atoms with Crippen LogP contribution in [0.4, 0.5) is 5.82 Å². The number of rotatable bonds is 2. The first-order chi connectivity index (χ1) is 11.3. The zero-order valence-corrected chi connectivity index (χ0v) is 13.9. The molecule has 0 bridgehead atoms. The second-order valence-electron chi connectivity index (χ2n) is 7.32. The molecule has 0 radical (unpaired) electrons. The molecule has 2 saturated heterocycles. The van der Waals surface area contributed by atoms with Gasteiger partial charge in [-0.3, -0.25) is 4.79 Å². The summed E-state index contributed by atoms with van der Waals surface area (Å²) < 4.78 is 0. The van der Waals surface area contributed by atoms with Crippen LogP contribution in [0.3, 0.4) is 0 Å². The highest BCUT2D eigenvalue weighted by Crippen LogP contribution is 2.36. The molecule has 1 aromatic rings. The minimum Gasteiger partial charge on any atom is -0.356 e. The van der Waals surface area contributed by atoms with Crippen molar-refractivity contribution in [3.8, 4) is 0 Å². The Hall–Kier alpha value is -1.58. The highest BCUT2D eigenvalue weighted by atomic mass is 16.2. The predicted octanol–water partition coefficient (Wildman–Crippen LogP) is 3.48. The van der Waals surface area contributed by atoms with Gasteiger partial charge in [-0.15, -0.1) is 0 Å². The number of nitrogens with zero attached hydrogens (tertiary/aromatic N) is 3. The summed E-state index contributed by atoms with van der Waals surface area (Å²) in [5.41, 5.74) is 0.820. The van der Waals surface area contributed by atoms with Crippen LogP contribution in [0.1, 0.15) is 61.7 Å². The number of fused-ring (bicyclic) bond motifs is 1. The van der Waals surface area contributed by atoms with Gasteiger partial charge in [-0.1, -0.05) is 12.8 Å². The maximum Gasteiger partial charge on any atom is 0.257 e. The van der Waals surface area contributed by atoms with Crippen molar-refractivity contribution in [2.24, 2.45) is 5.92 Å². The van der Waals surface area contributed by atoms with E-state index in [1.165, 1.54) is 44.9 Å². The molecule has 4 heteroatoms. The van der Waals surface area contributed by atoms with Crippen molar-refractivity contribution in [1.29, 1.82) is 0 Å². The molecule has 1 amide bonds. The molecular weight excluding hydrogens is 286 g/mol. The molecule has 1 aliphatic carbocycles. The monoisotopic (exact) mass is 313 g/mol. The van der Waals surface area contributed by atoms with Gasteiger partial charge in [0.15, 0.2) is 0 Å². The van der Waals surface area contributed by atoms with Crippen LogP contribution in [0.15, 0.2) is 18.3 Å². The number of carbonyl (C=O) groups excluding carboxylic acids is 1. The Labute approximate surface area is 138 Å². The number of likely N-dealkylation sites (tertiary alicyclic amines) is 1. The molecule has 1 saturated carbocycles. The fraction of sp³-hybridized carbons (Fsp3) is 0.684. The lowest BCUT2D eigenvalue weighted by Gasteiger charge is -2.44. The van der Waals surface area contributed by atoms with Gasteiger partial charge in [0.2, 0.25) is 0 Å². The molecule has 4 nitrogen and oxygen atoms in total. The van der Waals surface area contributed by atoms with E-state index in [2.05, 4.69) is 14.8 Å². The summed E-state index contributed by atoms with van der Waals surface area (Å²) in [6.45, 7) is 2.99. The molecule has 3 heterocycles. The number of hydrogen-bond acceptors (Lipinski definition) is 3. The Bertz CT molecular complexity index is 565. The molecule has 2 aliphatic heterocycles. The third kappa shape index (κ3) is 2.84. The molecule has 2 atom stereocenters. The van der Waals surface area contributed by atoms with E-state index < -0.39 is 0 Å². The standard InChI is InChI=1S/C19H27N3O/c23-19(22-14-6-8-15-7-1-2-10-17(15)22)16-9-5-11-20-18(16)21-12-3-4-13-21/h5,9,11,15,17H,1-4,6-8,10,12-14H2. The molecule has 3 fully saturated rings. The number of amides is 1. The molecule has 0 spiro atoms. The average Bonchev–Trinajstić information content (AvgIpc) is 3.15. The summed E-state index contributed by atoms with van der Waals surface area (Å²) in [5, 5.41) is 0. The van der Waals surface area contributed by atoms with Crippen LogP contribution in [0, 0.1) is 5.92 Å². The summed E-state index contributed by atoms with van der Waals surface area (Å²) in [5.74, 6) is 1.86. The molecule has 23 heavy (non-hydrogen) atoms. The van der Waals surface area contributed by atoms with E-state index in [0.717, 1.165) is 43.4 Å². The van der Waals surface area contributed by atoms with E-state index in [4.69, 9.17) is 0 Å². The van der Waals surface area contributed by atoms with Gasteiger partial charge in [0.25, 0.3) is 5.91 Å². The lowest BCUT2D eigenvalue weighted by Crippen LogP contribution is -2.49. The van der Waals surface area contributed by atoms with Gasteiger partial charge in [0.1, 0.15) is 5.82 Å². The Morgan fingerprint density at radius 2 is 1.78 bits per heavy atom. The molecule has 0 N–H and O–H groups in total. The Morgan fingerprint density at radius 1 is 1.00 bits per heavy atom. The van der Waals surface area contributed by atoms with Crippen LogP contribution in [-0.2, 0) is 0 Å². The van der Waals surface area contributed by atoms with Crippen LogP contribution < -0.4 is 4.90 Å². The number of piperidine rings is 1. The Kier molecular flexibility index (Phi) is 4.23. The predicted molar refractivity (Wildman–Crippen MR) is 91.7 cm³/mol. The van der Waals surface area contributed by atoms with Crippen molar-refractivity contribution >= 4 is 11.7 Å². The Balaban J connectivity index is 1.61. The van der Waals surface area contributed by atoms with Gasteiger partial charge in [-0.25, -0.2) is 4.98 Å². The molecule has 0 aromatic carbocycles. The fourth-order valence-corrected chi connectivity index (χ4v) is 4.78. The lowest BCUT2D eigenvalue weighted by molar-refractivity contribution is 0.0391. The van der Waals surface area contributed by atoms with Gasteiger partial charge < -0.3 is 9.80 Å². The van der Waals surface area contributed by atoms with E-state index in [1.54, 1.807) is 0 Å². The fourth-order valence-electron chi connectivity index (χ4n) is 4.78. The van der Waals surface area contributed by atoms with E-state index in [0.29, 0.717) is 6.04 Å². The third-order valence-corrected chi connectivity index (χ3v) is 5.93. The van der Waals surface area contributed by atoms with Crippen LogP contribution in [-0.4, -0.2) is 41.5 Å². The van der Waals surface area contributed by atoms with Crippen LogP contribution >= 0.6 is 0 Å². The van der Waals surface area contributed by atoms with Gasteiger partial charge in [0, 0.05) is 31.9 Å². The average molecular weight is 313 g/mol. The van der Waals surface area contributed by atoms with E-state index >= 15 is 0 Å². The summed E-state index contributed by atoms with van der Waals surface area (Å²) in [6, 6.07) is 4.36. The smallest absolute Gasteiger partial charge is 0.257 e. The van der Waals surface area contributed by atoms with Crippen LogP contribution in [0.25, 0.3) is 0 Å². The quantitative estimate of drug-likeness (QED) is 0.839. The topological polar surface area (TPSA) is 36.4 Å². The normalized spacial score (nSPS) is 27.8. The molecule has 4 rings (SSSR count). The highest BCUT2D eigenvalue weighted by Gasteiger charge is 2.37. The highest BCUT2D eigenvalue weighted by molar-refractivity contribution is 5.99. The van der Waals surface area contributed by atoms with Crippen LogP contribution in [0.5, 0.6) is 0 Å². The van der Waals surface area contributed by atoms with E-state index in [1.807, 2.05) is 18.3 Å². The van der Waals surface area contributed by atoms with Gasteiger partial charge in [-0.05, 0) is 56.6 Å². The van der Waals surface area contributed by atoms with Gasteiger partial charge >= 0.3 is 0 Å². The summed E-state index contributed by atoms with van der Waals surface area (Å²) in [4.78, 5) is 22.3. The summed E-state index contributed by atoms with van der Waals surface area (Å²) >= 11 is 0. The molecule has 1 aromatic heterocycles. The van der Waals surface area contributed by atoms with E-state index in [9.17, 15) is 4.79 Å². The minimum absolute atomic E-state index is 0.219. The van der Waals surface area contributed by atoms with Crippen molar-refractivity contribution in [2.45, 2.75) is 57.4 Å². The van der Waals surface area contributed by atoms with Crippen molar-refractivity contribution in [3.05, 3.63) is 23.9 Å². The first kappa shape index (κ1) is 15.0. The zero-order chi connectivity index (χ0) is 15.6. The van der Waals surface area contributed by atoms with Crippen molar-refractivity contribution in [3.63, 3.8) is 0 Å². The zero-order valence-electron chi connectivity index (χ0n) is 13.9. The number of aromatic nitrogens is 1. The van der Waals surface area contributed by atoms with Crippen molar-refractivity contribution < 1.29 is 4.79 Å². The first-order valence-electron chi connectivity index (χ1n) is 9.35. The van der Waals surface area contributed by atoms with Crippen molar-refractivity contribution in [2.75, 3.05) is 24.5 Å². The second-order valence-corrected chi connectivity index (χ2v) is 7.32. The number of anilines is 1. The van der Waals surface area contributed by atoms with Gasteiger partial charge in [0.05, 0.1) is 5.56 Å². The lowest BCUT2D eigenvalue weighted by atomic mass is 9.78. The Morgan fingerprint density at radius 3 is 2.65 bits per heavy atom. The summed E-state index contributed by atoms with van der Waals surface area (Å²) in [7, 11) is 0. The van der Waals surface area contributed by atoms with Crippen molar-refractivity contribution in [1.82, 2.24) is 9.88 Å². The number of pyridine rings is 1. The maximum absolute atomic E-state index is 13.3. The maximum atomic E-state index is 13.3. The minimum atomic E-state index is 0.219. The van der Waals surface area contributed by atoms with Gasteiger partial charge in [-0.2, -0.15) is 0 Å². The largest absolute Gasteiger partial charge is 0.356 e. The van der Waals surface area contributed by atoms with Crippen LogP contribution in [0.2, 0.25) is 0 Å².